The van der Waals surface area contributed by atoms with Gasteiger partial charge in [-0.1, -0.05) is 0 Å². The Labute approximate surface area is 87.5 Å². The third kappa shape index (κ3) is 2.52. The third-order valence-corrected chi connectivity index (χ3v) is 4.12. The molecule has 7 heteroatoms. The monoisotopic (exact) mass is 235 g/mol. The molecule has 0 unspecified atom stereocenters. The summed E-state index contributed by atoms with van der Waals surface area (Å²) in [4.78, 5) is 3.28. The number of sulfonamides is 1. The predicted molar refractivity (Wildman–Crippen MR) is 56.2 cm³/mol. The van der Waals surface area contributed by atoms with Crippen LogP contribution in [0, 0.1) is 0 Å². The van der Waals surface area contributed by atoms with Crippen molar-refractivity contribution in [2.45, 2.75) is 11.4 Å². The molecule has 0 spiro atoms. The Hall–Kier alpha value is -0.470. The van der Waals surface area contributed by atoms with Crippen molar-refractivity contribution in [3.8, 4) is 0 Å². The maximum Gasteiger partial charge on any atom is 0.254 e. The second-order valence-corrected chi connectivity index (χ2v) is 5.53. The summed E-state index contributed by atoms with van der Waals surface area (Å²) < 4.78 is 23.4. The van der Waals surface area contributed by atoms with Crippen molar-refractivity contribution in [2.24, 2.45) is 5.73 Å². The molecule has 1 aromatic rings. The molecule has 0 aliphatic rings. The molecule has 14 heavy (non-hydrogen) atoms. The zero-order valence-electron chi connectivity index (χ0n) is 8.02. The molecule has 0 aliphatic carbocycles. The standard InChI is InChI=1S/C7H13N3O2S2/c1-10(2)9-14(11,12)7-3-4-13-6(7)5-8/h3-4,9H,5,8H2,1-2H3. The van der Waals surface area contributed by atoms with Crippen molar-refractivity contribution in [1.82, 2.24) is 9.84 Å². The highest BCUT2D eigenvalue weighted by atomic mass is 32.2. The van der Waals surface area contributed by atoms with Crippen molar-refractivity contribution in [3.63, 3.8) is 0 Å². The number of nitrogens with two attached hydrogens (primary N) is 1. The van der Waals surface area contributed by atoms with Crippen LogP contribution in [-0.4, -0.2) is 27.5 Å². The molecule has 0 bridgehead atoms. The number of hydrogen-bond donors (Lipinski definition) is 2. The van der Waals surface area contributed by atoms with Gasteiger partial charge in [0.05, 0.1) is 4.90 Å². The molecule has 1 heterocycles. The summed E-state index contributed by atoms with van der Waals surface area (Å²) in [5, 5.41) is 3.10. The minimum absolute atomic E-state index is 0.237. The van der Waals surface area contributed by atoms with Crippen LogP contribution in [0.2, 0.25) is 0 Å². The highest BCUT2D eigenvalue weighted by molar-refractivity contribution is 7.89. The number of nitrogens with zero attached hydrogens (tertiary/aromatic N) is 1. The lowest BCUT2D eigenvalue weighted by atomic mass is 10.5. The molecular weight excluding hydrogens is 222 g/mol. The van der Waals surface area contributed by atoms with Gasteiger partial charge in [-0.2, -0.15) is 0 Å². The number of hydrazine groups is 1. The van der Waals surface area contributed by atoms with E-state index in [-0.39, 0.29) is 11.4 Å². The maximum absolute atomic E-state index is 11.7. The van der Waals surface area contributed by atoms with Gasteiger partial charge in [-0.15, -0.1) is 16.2 Å². The summed E-state index contributed by atoms with van der Waals surface area (Å²) in [5.74, 6) is 0. The number of nitrogens with one attached hydrogen (secondary N) is 1. The van der Waals surface area contributed by atoms with Gasteiger partial charge in [-0.3, -0.25) is 0 Å². The molecule has 0 aliphatic heterocycles. The van der Waals surface area contributed by atoms with E-state index in [1.165, 1.54) is 16.3 Å². The Morgan fingerprint density at radius 1 is 1.57 bits per heavy atom. The fourth-order valence-corrected chi connectivity index (χ4v) is 3.42. The summed E-state index contributed by atoms with van der Waals surface area (Å²) in [5.41, 5.74) is 5.43. The van der Waals surface area contributed by atoms with Crippen molar-refractivity contribution in [3.05, 3.63) is 16.3 Å². The van der Waals surface area contributed by atoms with E-state index in [1.54, 1.807) is 25.5 Å². The van der Waals surface area contributed by atoms with Gasteiger partial charge in [0.15, 0.2) is 0 Å². The van der Waals surface area contributed by atoms with E-state index in [0.29, 0.717) is 4.88 Å². The summed E-state index contributed by atoms with van der Waals surface area (Å²) in [6.45, 7) is 0.237. The van der Waals surface area contributed by atoms with Crippen molar-refractivity contribution in [1.29, 1.82) is 0 Å². The van der Waals surface area contributed by atoms with E-state index in [4.69, 9.17) is 5.73 Å². The van der Waals surface area contributed by atoms with Crippen molar-refractivity contribution >= 4 is 21.4 Å². The first-order valence-corrected chi connectivity index (χ1v) is 6.30. The molecule has 0 saturated carbocycles. The average molecular weight is 235 g/mol. The first-order valence-electron chi connectivity index (χ1n) is 3.93. The highest BCUT2D eigenvalue weighted by Crippen LogP contribution is 2.20. The molecule has 0 saturated heterocycles. The fraction of sp³-hybridized carbons (Fsp3) is 0.429. The Kier molecular flexibility index (Phi) is 3.62. The summed E-state index contributed by atoms with van der Waals surface area (Å²) in [6, 6.07) is 1.55. The van der Waals surface area contributed by atoms with Gasteiger partial charge in [0.25, 0.3) is 10.0 Å². The molecule has 1 rings (SSSR count). The van der Waals surface area contributed by atoms with Gasteiger partial charge in [0.1, 0.15) is 0 Å². The molecule has 0 amide bonds. The average Bonchev–Trinajstić information content (AvgIpc) is 2.48. The molecule has 3 N–H and O–H groups in total. The Morgan fingerprint density at radius 3 is 2.71 bits per heavy atom. The van der Waals surface area contributed by atoms with Crippen LogP contribution < -0.4 is 10.6 Å². The highest BCUT2D eigenvalue weighted by Gasteiger charge is 2.19. The smallest absolute Gasteiger partial charge is 0.254 e. The van der Waals surface area contributed by atoms with Crippen LogP contribution in [0.5, 0.6) is 0 Å². The van der Waals surface area contributed by atoms with E-state index < -0.39 is 10.0 Å². The largest absolute Gasteiger partial charge is 0.326 e. The van der Waals surface area contributed by atoms with Crippen molar-refractivity contribution < 1.29 is 8.42 Å². The molecule has 1 aromatic heterocycles. The maximum atomic E-state index is 11.7. The zero-order chi connectivity index (χ0) is 10.8. The molecule has 0 radical (unpaired) electrons. The molecule has 0 fully saturated rings. The number of thiophene rings is 1. The van der Waals surface area contributed by atoms with Crippen molar-refractivity contribution in [2.75, 3.05) is 14.1 Å². The summed E-state index contributed by atoms with van der Waals surface area (Å²) in [7, 11) is -0.218. The van der Waals surface area contributed by atoms with Crippen LogP contribution in [-0.2, 0) is 16.6 Å². The van der Waals surface area contributed by atoms with E-state index >= 15 is 0 Å². The van der Waals surface area contributed by atoms with E-state index in [9.17, 15) is 8.42 Å². The lowest BCUT2D eigenvalue weighted by Crippen LogP contribution is -2.36. The summed E-state index contributed by atoms with van der Waals surface area (Å²) >= 11 is 1.34. The second-order valence-electron chi connectivity index (χ2n) is 2.90. The molecule has 0 aromatic carbocycles. The first-order chi connectivity index (χ1) is 6.47. The van der Waals surface area contributed by atoms with E-state index in [2.05, 4.69) is 4.83 Å². The molecular formula is C7H13N3O2S2. The van der Waals surface area contributed by atoms with Crippen LogP contribution in [0.4, 0.5) is 0 Å². The Bertz CT molecular complexity index is 397. The normalized spacial score (nSPS) is 12.3. The van der Waals surface area contributed by atoms with Crippen LogP contribution >= 0.6 is 11.3 Å². The Morgan fingerprint density at radius 2 is 2.21 bits per heavy atom. The van der Waals surface area contributed by atoms with Crippen LogP contribution in [0.15, 0.2) is 16.3 Å². The third-order valence-electron chi connectivity index (χ3n) is 1.48. The topological polar surface area (TPSA) is 75.4 Å². The van der Waals surface area contributed by atoms with Crippen LogP contribution in [0.25, 0.3) is 0 Å². The molecule has 80 valence electrons. The predicted octanol–water partition coefficient (Wildman–Crippen LogP) is -0.0383. The SMILES string of the molecule is CN(C)NS(=O)(=O)c1ccsc1CN. The fourth-order valence-electron chi connectivity index (χ4n) is 1.01. The second kappa shape index (κ2) is 4.37. The zero-order valence-corrected chi connectivity index (χ0v) is 9.65. The summed E-state index contributed by atoms with van der Waals surface area (Å²) in [6.07, 6.45) is 0. The number of hydrogen-bond acceptors (Lipinski definition) is 5. The van der Waals surface area contributed by atoms with Crippen LogP contribution in [0.1, 0.15) is 4.88 Å². The van der Waals surface area contributed by atoms with Gasteiger partial charge < -0.3 is 5.73 Å². The van der Waals surface area contributed by atoms with Gasteiger partial charge in [-0.25, -0.2) is 13.4 Å². The lowest BCUT2D eigenvalue weighted by Gasteiger charge is -2.12. The van der Waals surface area contributed by atoms with Gasteiger partial charge in [0, 0.05) is 25.5 Å². The minimum Gasteiger partial charge on any atom is -0.326 e. The lowest BCUT2D eigenvalue weighted by molar-refractivity contribution is 0.364. The van der Waals surface area contributed by atoms with E-state index in [1.807, 2.05) is 0 Å². The quantitative estimate of drug-likeness (QED) is 0.718. The molecule has 5 nitrogen and oxygen atoms in total. The van der Waals surface area contributed by atoms with Crippen LogP contribution in [0.3, 0.4) is 0 Å². The number of rotatable bonds is 4. The van der Waals surface area contributed by atoms with Gasteiger partial charge in [0.2, 0.25) is 0 Å². The molecule has 0 atom stereocenters. The Balaban J connectivity index is 3.04. The minimum atomic E-state index is -3.45. The first kappa shape index (κ1) is 11.6. The van der Waals surface area contributed by atoms with Gasteiger partial charge >= 0.3 is 0 Å². The van der Waals surface area contributed by atoms with Gasteiger partial charge in [-0.05, 0) is 11.4 Å². The van der Waals surface area contributed by atoms with E-state index in [0.717, 1.165) is 0 Å².